The smallest absolute Gasteiger partial charge is 0.355 e. The first-order chi connectivity index (χ1) is 13.7. The minimum atomic E-state index is -4.49. The summed E-state index contributed by atoms with van der Waals surface area (Å²) in [6, 6.07) is 0.145. The predicted molar refractivity (Wildman–Crippen MR) is 104 cm³/mol. The van der Waals surface area contributed by atoms with E-state index >= 15 is 0 Å². The number of hydrogen-bond donors (Lipinski definition) is 3. The van der Waals surface area contributed by atoms with Crippen LogP contribution in [0.3, 0.4) is 0 Å². The Morgan fingerprint density at radius 1 is 1.31 bits per heavy atom. The maximum absolute atomic E-state index is 13.1. The molecule has 0 bridgehead atoms. The summed E-state index contributed by atoms with van der Waals surface area (Å²) < 4.78 is 40.3. The van der Waals surface area contributed by atoms with Crippen LogP contribution in [0.2, 0.25) is 0 Å². The number of nitrogens with zero attached hydrogens (tertiary/aromatic N) is 4. The average Bonchev–Trinajstić information content (AvgIpc) is 3.06. The second-order valence-corrected chi connectivity index (χ2v) is 7.14. The van der Waals surface area contributed by atoms with Gasteiger partial charge in [0.1, 0.15) is 0 Å². The Labute approximate surface area is 168 Å². The third kappa shape index (κ3) is 7.22. The average molecular weight is 417 g/mol. The zero-order chi connectivity index (χ0) is 21.4. The molecule has 0 radical (unpaired) electrons. The van der Waals surface area contributed by atoms with Gasteiger partial charge in [-0.05, 0) is 19.3 Å². The molecule has 1 aromatic heterocycles. The predicted octanol–water partition coefficient (Wildman–Crippen LogP) is 1.09. The molecule has 1 saturated heterocycles. The van der Waals surface area contributed by atoms with E-state index in [9.17, 15) is 18.0 Å². The fraction of sp³-hybridized carbons (Fsp3) is 0.722. The van der Waals surface area contributed by atoms with Crippen molar-refractivity contribution >= 4 is 11.9 Å². The van der Waals surface area contributed by atoms with Crippen molar-refractivity contribution in [2.75, 3.05) is 33.2 Å². The first-order valence-corrected chi connectivity index (χ1v) is 9.78. The number of carbonyl (C=O) groups is 1. The molecule has 1 amide bonds. The fourth-order valence-corrected chi connectivity index (χ4v) is 3.23. The van der Waals surface area contributed by atoms with E-state index in [1.165, 1.54) is 13.2 Å². The zero-order valence-corrected chi connectivity index (χ0v) is 17.1. The van der Waals surface area contributed by atoms with Crippen LogP contribution in [0.5, 0.6) is 0 Å². The highest BCUT2D eigenvalue weighted by atomic mass is 19.4. The third-order valence-electron chi connectivity index (χ3n) is 4.71. The molecule has 1 fully saturated rings. The lowest BCUT2D eigenvalue weighted by molar-refractivity contribution is -0.142. The molecule has 1 aliphatic heterocycles. The van der Waals surface area contributed by atoms with Crippen LogP contribution in [0.15, 0.2) is 11.2 Å². The van der Waals surface area contributed by atoms with E-state index in [-0.39, 0.29) is 24.1 Å². The van der Waals surface area contributed by atoms with Crippen LogP contribution >= 0.6 is 0 Å². The van der Waals surface area contributed by atoms with E-state index in [1.54, 1.807) is 7.05 Å². The summed E-state index contributed by atoms with van der Waals surface area (Å²) in [6.07, 6.45) is -0.588. The number of piperidine rings is 1. The Balaban J connectivity index is 1.80. The van der Waals surface area contributed by atoms with Gasteiger partial charge in [-0.3, -0.25) is 19.4 Å². The van der Waals surface area contributed by atoms with Gasteiger partial charge in [0.05, 0.1) is 6.54 Å². The van der Waals surface area contributed by atoms with Crippen LogP contribution in [-0.4, -0.2) is 65.8 Å². The first-order valence-electron chi connectivity index (χ1n) is 9.78. The maximum Gasteiger partial charge on any atom is 0.435 e. The summed E-state index contributed by atoms with van der Waals surface area (Å²) in [4.78, 5) is 18.0. The van der Waals surface area contributed by atoms with Gasteiger partial charge >= 0.3 is 6.18 Å². The fourth-order valence-electron chi connectivity index (χ4n) is 3.23. The molecule has 0 atom stereocenters. The number of likely N-dealkylation sites (tertiary alicyclic amines) is 1. The van der Waals surface area contributed by atoms with E-state index in [4.69, 9.17) is 0 Å². The van der Waals surface area contributed by atoms with E-state index in [0.717, 1.165) is 37.0 Å². The highest BCUT2D eigenvalue weighted by Gasteiger charge is 2.36. The van der Waals surface area contributed by atoms with Gasteiger partial charge in [-0.15, -0.1) is 0 Å². The SMILES string of the molecule is CCCNC(=O)CN1CCC(NC(=NC)NCc2cn(C)nc2C(F)(F)F)CC1. The van der Waals surface area contributed by atoms with Gasteiger partial charge in [0, 0.05) is 58.1 Å². The molecule has 164 valence electrons. The number of halogens is 3. The molecule has 11 heteroatoms. The molecule has 1 aliphatic rings. The molecule has 29 heavy (non-hydrogen) atoms. The molecule has 8 nitrogen and oxygen atoms in total. The number of alkyl halides is 3. The standard InChI is InChI=1S/C18H30F3N7O/c1-4-7-23-15(29)12-28-8-5-14(6-9-28)25-17(22-2)24-10-13-11-27(3)26-16(13)18(19,20)21/h11,14H,4-10,12H2,1-3H3,(H,23,29)(H2,22,24,25). The molecule has 3 N–H and O–H groups in total. The topological polar surface area (TPSA) is 86.6 Å². The Kier molecular flexibility index (Phi) is 8.30. The van der Waals surface area contributed by atoms with Gasteiger partial charge in [-0.2, -0.15) is 18.3 Å². The second-order valence-electron chi connectivity index (χ2n) is 7.14. The summed E-state index contributed by atoms with van der Waals surface area (Å²) >= 11 is 0. The van der Waals surface area contributed by atoms with Crippen molar-refractivity contribution in [1.29, 1.82) is 0 Å². The van der Waals surface area contributed by atoms with Gasteiger partial charge in [0.2, 0.25) is 5.91 Å². The molecule has 0 saturated carbocycles. The maximum atomic E-state index is 13.1. The van der Waals surface area contributed by atoms with Crippen LogP contribution in [0.4, 0.5) is 13.2 Å². The Morgan fingerprint density at radius 2 is 2.00 bits per heavy atom. The van der Waals surface area contributed by atoms with Crippen molar-refractivity contribution in [1.82, 2.24) is 30.6 Å². The molecule has 0 aliphatic carbocycles. The lowest BCUT2D eigenvalue weighted by Gasteiger charge is -2.32. The van der Waals surface area contributed by atoms with Gasteiger partial charge in [-0.25, -0.2) is 0 Å². The molecule has 2 rings (SSSR count). The number of nitrogens with one attached hydrogen (secondary N) is 3. The lowest BCUT2D eigenvalue weighted by Crippen LogP contribution is -2.50. The number of carbonyl (C=O) groups excluding carboxylic acids is 1. The summed E-state index contributed by atoms with van der Waals surface area (Å²) in [5.41, 5.74) is -0.825. The van der Waals surface area contributed by atoms with Crippen LogP contribution < -0.4 is 16.0 Å². The van der Waals surface area contributed by atoms with Crippen LogP contribution in [0.25, 0.3) is 0 Å². The number of amides is 1. The first kappa shape index (κ1) is 23.0. The Bertz CT molecular complexity index is 694. The van der Waals surface area contributed by atoms with Gasteiger partial charge in [0.25, 0.3) is 0 Å². The van der Waals surface area contributed by atoms with Crippen molar-refractivity contribution < 1.29 is 18.0 Å². The van der Waals surface area contributed by atoms with Crippen LogP contribution in [0, 0.1) is 0 Å². The number of hydrogen-bond acceptors (Lipinski definition) is 4. The summed E-state index contributed by atoms with van der Waals surface area (Å²) in [7, 11) is 3.04. The van der Waals surface area contributed by atoms with E-state index in [0.29, 0.717) is 19.0 Å². The van der Waals surface area contributed by atoms with Crippen molar-refractivity contribution in [3.8, 4) is 0 Å². The summed E-state index contributed by atoms with van der Waals surface area (Å²) in [5.74, 6) is 0.480. The molecule has 0 spiro atoms. The van der Waals surface area contributed by atoms with Gasteiger partial charge in [-0.1, -0.05) is 6.92 Å². The minimum Gasteiger partial charge on any atom is -0.355 e. The van der Waals surface area contributed by atoms with Crippen molar-refractivity contribution in [3.05, 3.63) is 17.5 Å². The summed E-state index contributed by atoms with van der Waals surface area (Å²) in [5, 5.41) is 12.6. The number of aliphatic imine (C=N–C) groups is 1. The highest BCUT2D eigenvalue weighted by molar-refractivity contribution is 5.80. The largest absolute Gasteiger partial charge is 0.435 e. The lowest BCUT2D eigenvalue weighted by atomic mass is 10.1. The minimum absolute atomic E-state index is 0.0290. The van der Waals surface area contributed by atoms with E-state index in [1.807, 2.05) is 6.92 Å². The third-order valence-corrected chi connectivity index (χ3v) is 4.71. The van der Waals surface area contributed by atoms with Gasteiger partial charge < -0.3 is 16.0 Å². The van der Waals surface area contributed by atoms with Crippen LogP contribution in [-0.2, 0) is 24.6 Å². The van der Waals surface area contributed by atoms with Crippen molar-refractivity contribution in [3.63, 3.8) is 0 Å². The molecule has 0 unspecified atom stereocenters. The highest BCUT2D eigenvalue weighted by Crippen LogP contribution is 2.30. The van der Waals surface area contributed by atoms with E-state index < -0.39 is 11.9 Å². The Hall–Kier alpha value is -2.30. The number of rotatable bonds is 7. The number of guanidine groups is 1. The summed E-state index contributed by atoms with van der Waals surface area (Å²) in [6.45, 7) is 4.60. The molecule has 1 aromatic rings. The normalized spacial score (nSPS) is 16.7. The molecular formula is C18H30F3N7O. The number of aryl methyl sites for hydroxylation is 1. The van der Waals surface area contributed by atoms with Gasteiger partial charge in [0.15, 0.2) is 11.7 Å². The number of aromatic nitrogens is 2. The zero-order valence-electron chi connectivity index (χ0n) is 17.1. The quantitative estimate of drug-likeness (QED) is 0.457. The van der Waals surface area contributed by atoms with Crippen LogP contribution in [0.1, 0.15) is 37.4 Å². The monoisotopic (exact) mass is 417 g/mol. The van der Waals surface area contributed by atoms with Crippen molar-refractivity contribution in [2.24, 2.45) is 12.0 Å². The van der Waals surface area contributed by atoms with Crippen molar-refractivity contribution in [2.45, 2.75) is 44.9 Å². The molecular weight excluding hydrogens is 387 g/mol. The Morgan fingerprint density at radius 3 is 2.59 bits per heavy atom. The second kappa shape index (κ2) is 10.5. The molecule has 0 aromatic carbocycles. The molecule has 2 heterocycles. The van der Waals surface area contributed by atoms with E-state index in [2.05, 4.69) is 30.9 Å².